The highest BCUT2D eigenvalue weighted by Crippen LogP contribution is 2.08. The molecule has 7 nitrogen and oxygen atoms in total. The average molecular weight is 345 g/mol. The molecule has 24 heavy (non-hydrogen) atoms. The van der Waals surface area contributed by atoms with Crippen molar-refractivity contribution in [2.45, 2.75) is 38.8 Å². The lowest BCUT2D eigenvalue weighted by atomic mass is 10.2. The molecule has 0 unspecified atom stereocenters. The zero-order valence-electron chi connectivity index (χ0n) is 13.3. The number of aromatic nitrogens is 4. The van der Waals surface area contributed by atoms with E-state index in [1.54, 1.807) is 23.3 Å². The van der Waals surface area contributed by atoms with Gasteiger partial charge in [0.2, 0.25) is 0 Å². The maximum atomic E-state index is 11.7. The van der Waals surface area contributed by atoms with Gasteiger partial charge in [-0.05, 0) is 36.2 Å². The molecule has 2 aromatic heterocycles. The van der Waals surface area contributed by atoms with Crippen molar-refractivity contribution in [3.8, 4) is 5.40 Å². The number of thiocyanates is 1. The lowest BCUT2D eigenvalue weighted by Crippen LogP contribution is -2.04. The summed E-state index contributed by atoms with van der Waals surface area (Å²) in [5.41, 5.74) is 1.65. The van der Waals surface area contributed by atoms with Gasteiger partial charge in [-0.15, -0.1) is 5.10 Å². The topological polar surface area (TPSA) is 93.7 Å². The van der Waals surface area contributed by atoms with Gasteiger partial charge in [0.15, 0.2) is 0 Å². The van der Waals surface area contributed by atoms with Gasteiger partial charge in [-0.3, -0.25) is 9.78 Å². The molecule has 0 aliphatic carbocycles. The Labute approximate surface area is 145 Å². The molecule has 0 aliphatic heterocycles. The summed E-state index contributed by atoms with van der Waals surface area (Å²) in [5, 5.41) is 18.4. The molecule has 0 bridgehead atoms. The van der Waals surface area contributed by atoms with Crippen molar-refractivity contribution < 1.29 is 9.53 Å². The van der Waals surface area contributed by atoms with Crippen LogP contribution in [0, 0.1) is 10.7 Å². The number of carbonyl (C=O) groups is 1. The predicted octanol–water partition coefficient (Wildman–Crippen LogP) is 2.54. The summed E-state index contributed by atoms with van der Waals surface area (Å²) < 4.78 is 6.88. The number of pyridine rings is 1. The molecule has 2 aromatic rings. The van der Waals surface area contributed by atoms with Crippen molar-refractivity contribution >= 4 is 17.7 Å². The third-order valence-electron chi connectivity index (χ3n) is 3.23. The predicted molar refractivity (Wildman–Crippen MR) is 89.7 cm³/mol. The number of rotatable bonds is 10. The fourth-order valence-electron chi connectivity index (χ4n) is 2.05. The van der Waals surface area contributed by atoms with Crippen molar-refractivity contribution in [2.24, 2.45) is 0 Å². The zero-order chi connectivity index (χ0) is 17.0. The van der Waals surface area contributed by atoms with E-state index in [9.17, 15) is 4.79 Å². The van der Waals surface area contributed by atoms with E-state index in [1.807, 2.05) is 17.5 Å². The number of nitrogens with zero attached hydrogens (tertiary/aromatic N) is 5. The first-order valence-electron chi connectivity index (χ1n) is 7.72. The molecule has 0 aromatic carbocycles. The SMILES string of the molecule is N#CSCCCCCC(=O)OCc1cn(Cc2cccnc2)nn1. The van der Waals surface area contributed by atoms with E-state index in [0.717, 1.165) is 30.6 Å². The number of unbranched alkanes of at least 4 members (excludes halogenated alkanes) is 2. The smallest absolute Gasteiger partial charge is 0.306 e. The molecule has 0 radical (unpaired) electrons. The quantitative estimate of drug-likeness (QED) is 0.371. The maximum Gasteiger partial charge on any atom is 0.306 e. The number of ether oxygens (including phenoxy) is 1. The van der Waals surface area contributed by atoms with E-state index in [4.69, 9.17) is 10.00 Å². The van der Waals surface area contributed by atoms with Crippen LogP contribution in [0.5, 0.6) is 0 Å². The molecule has 2 rings (SSSR count). The Kier molecular flexibility index (Phi) is 7.77. The monoisotopic (exact) mass is 345 g/mol. The average Bonchev–Trinajstić information content (AvgIpc) is 3.04. The van der Waals surface area contributed by atoms with Crippen LogP contribution in [-0.4, -0.2) is 31.7 Å². The van der Waals surface area contributed by atoms with Crippen LogP contribution in [0.2, 0.25) is 0 Å². The second-order valence-electron chi connectivity index (χ2n) is 5.18. The van der Waals surface area contributed by atoms with Crippen LogP contribution >= 0.6 is 11.8 Å². The maximum absolute atomic E-state index is 11.7. The molecular formula is C16H19N5O2S. The van der Waals surface area contributed by atoms with Gasteiger partial charge in [0, 0.05) is 24.6 Å². The van der Waals surface area contributed by atoms with Gasteiger partial charge < -0.3 is 4.74 Å². The van der Waals surface area contributed by atoms with Gasteiger partial charge in [-0.1, -0.05) is 17.7 Å². The number of carbonyl (C=O) groups excluding carboxylic acids is 1. The van der Waals surface area contributed by atoms with Gasteiger partial charge in [-0.25, -0.2) is 4.68 Å². The minimum atomic E-state index is -0.232. The third-order valence-corrected chi connectivity index (χ3v) is 3.85. The second-order valence-corrected chi connectivity index (χ2v) is 6.06. The number of esters is 1. The summed E-state index contributed by atoms with van der Waals surface area (Å²) in [7, 11) is 0. The van der Waals surface area contributed by atoms with Gasteiger partial charge in [0.1, 0.15) is 17.7 Å². The fourth-order valence-corrected chi connectivity index (χ4v) is 2.49. The van der Waals surface area contributed by atoms with Crippen LogP contribution in [-0.2, 0) is 22.7 Å². The lowest BCUT2D eigenvalue weighted by molar-refractivity contribution is -0.145. The van der Waals surface area contributed by atoms with E-state index < -0.39 is 0 Å². The third kappa shape index (κ3) is 6.79. The summed E-state index contributed by atoms with van der Waals surface area (Å²) in [6.07, 6.45) is 8.28. The summed E-state index contributed by atoms with van der Waals surface area (Å²) >= 11 is 1.25. The van der Waals surface area contributed by atoms with Crippen LogP contribution in [0.3, 0.4) is 0 Å². The molecule has 0 fully saturated rings. The van der Waals surface area contributed by atoms with Crippen LogP contribution < -0.4 is 0 Å². The van der Waals surface area contributed by atoms with E-state index in [-0.39, 0.29) is 12.6 Å². The Hall–Kier alpha value is -2.40. The lowest BCUT2D eigenvalue weighted by Gasteiger charge is -2.02. The normalized spacial score (nSPS) is 10.3. The molecule has 0 spiro atoms. The van der Waals surface area contributed by atoms with Crippen LogP contribution in [0.1, 0.15) is 36.9 Å². The minimum absolute atomic E-state index is 0.135. The van der Waals surface area contributed by atoms with Crippen molar-refractivity contribution in [3.63, 3.8) is 0 Å². The Morgan fingerprint density at radius 2 is 2.29 bits per heavy atom. The number of nitriles is 1. The number of thioether (sulfide) groups is 1. The van der Waals surface area contributed by atoms with Gasteiger partial charge >= 0.3 is 5.97 Å². The molecule has 0 saturated carbocycles. The fraction of sp³-hybridized carbons (Fsp3) is 0.438. The molecule has 0 amide bonds. The highest BCUT2D eigenvalue weighted by atomic mass is 32.2. The van der Waals surface area contributed by atoms with Crippen LogP contribution in [0.4, 0.5) is 0 Å². The summed E-state index contributed by atoms with van der Waals surface area (Å²) in [6, 6.07) is 3.83. The van der Waals surface area contributed by atoms with Crippen LogP contribution in [0.15, 0.2) is 30.7 Å². The Morgan fingerprint density at radius 3 is 3.08 bits per heavy atom. The molecule has 0 saturated heterocycles. The Bertz CT molecular complexity index is 669. The molecule has 2 heterocycles. The highest BCUT2D eigenvalue weighted by Gasteiger charge is 2.07. The van der Waals surface area contributed by atoms with Crippen molar-refractivity contribution in [2.75, 3.05) is 5.75 Å². The van der Waals surface area contributed by atoms with E-state index in [1.165, 1.54) is 11.8 Å². The van der Waals surface area contributed by atoms with E-state index >= 15 is 0 Å². The van der Waals surface area contributed by atoms with Gasteiger partial charge in [0.05, 0.1) is 12.7 Å². The van der Waals surface area contributed by atoms with Gasteiger partial charge in [-0.2, -0.15) is 5.26 Å². The van der Waals surface area contributed by atoms with E-state index in [2.05, 4.69) is 15.3 Å². The first-order valence-corrected chi connectivity index (χ1v) is 8.71. The largest absolute Gasteiger partial charge is 0.459 e. The van der Waals surface area contributed by atoms with Crippen molar-refractivity contribution in [1.29, 1.82) is 5.26 Å². The molecule has 0 aliphatic rings. The number of hydrogen-bond acceptors (Lipinski definition) is 7. The Morgan fingerprint density at radius 1 is 1.38 bits per heavy atom. The molecule has 126 valence electrons. The summed E-state index contributed by atoms with van der Waals surface area (Å²) in [6.45, 7) is 0.714. The molecule has 8 heteroatoms. The summed E-state index contributed by atoms with van der Waals surface area (Å²) in [4.78, 5) is 15.7. The first kappa shape index (κ1) is 17.9. The molecule has 0 atom stereocenters. The van der Waals surface area contributed by atoms with Crippen LogP contribution in [0.25, 0.3) is 0 Å². The standard InChI is InChI=1S/C16H19N5O2S/c17-13-24-8-3-1-2-6-16(22)23-12-15-11-21(20-19-15)10-14-5-4-7-18-9-14/h4-5,7,9,11H,1-3,6,8,10,12H2. The first-order chi connectivity index (χ1) is 11.8. The summed E-state index contributed by atoms with van der Waals surface area (Å²) in [5.74, 6) is 0.579. The van der Waals surface area contributed by atoms with E-state index in [0.29, 0.717) is 18.7 Å². The minimum Gasteiger partial charge on any atom is -0.459 e. The number of hydrogen-bond donors (Lipinski definition) is 0. The van der Waals surface area contributed by atoms with Gasteiger partial charge in [0.25, 0.3) is 0 Å². The highest BCUT2D eigenvalue weighted by molar-refractivity contribution is 8.03. The molecular weight excluding hydrogens is 326 g/mol. The second kappa shape index (κ2) is 10.4. The van der Waals surface area contributed by atoms with Crippen molar-refractivity contribution in [1.82, 2.24) is 20.0 Å². The molecule has 0 N–H and O–H groups in total. The van der Waals surface area contributed by atoms with Crippen molar-refractivity contribution in [3.05, 3.63) is 42.0 Å². The zero-order valence-corrected chi connectivity index (χ0v) is 14.1. The Balaban J connectivity index is 1.64.